The van der Waals surface area contributed by atoms with Crippen LogP contribution in [0.3, 0.4) is 0 Å². The second kappa shape index (κ2) is 9.08. The van der Waals surface area contributed by atoms with Crippen molar-refractivity contribution in [1.82, 2.24) is 14.9 Å². The van der Waals surface area contributed by atoms with Gasteiger partial charge in [-0.15, -0.1) is 0 Å². The first-order chi connectivity index (χ1) is 14.3. The van der Waals surface area contributed by atoms with E-state index < -0.39 is 29.2 Å². The van der Waals surface area contributed by atoms with Crippen molar-refractivity contribution in [2.75, 3.05) is 0 Å². The van der Waals surface area contributed by atoms with E-state index in [1.54, 1.807) is 36.4 Å². The highest BCUT2D eigenvalue weighted by molar-refractivity contribution is 5.83. The monoisotopic (exact) mass is 411 g/mol. The van der Waals surface area contributed by atoms with Gasteiger partial charge in [0, 0.05) is 19.4 Å². The summed E-state index contributed by atoms with van der Waals surface area (Å²) in [5, 5.41) is 21.5. The number of rotatable bonds is 8. The zero-order valence-corrected chi connectivity index (χ0v) is 16.0. The van der Waals surface area contributed by atoms with Gasteiger partial charge in [-0.1, -0.05) is 24.3 Å². The normalized spacial score (nSPS) is 11.9. The number of carboxylic acids is 1. The second-order valence-corrected chi connectivity index (χ2v) is 6.86. The maximum atomic E-state index is 12.5. The number of hydrogen-bond acceptors (Lipinski definition) is 5. The summed E-state index contributed by atoms with van der Waals surface area (Å²) >= 11 is 0. The van der Waals surface area contributed by atoms with Crippen molar-refractivity contribution in [3.05, 3.63) is 74.9 Å². The minimum atomic E-state index is -1.18. The third-order valence-corrected chi connectivity index (χ3v) is 4.68. The first kappa shape index (κ1) is 20.8. The first-order valence-electron chi connectivity index (χ1n) is 9.37. The van der Waals surface area contributed by atoms with Crippen molar-refractivity contribution in [2.45, 2.75) is 31.8 Å². The number of amides is 1. The molecule has 0 radical (unpaired) electrons. The van der Waals surface area contributed by atoms with Crippen molar-refractivity contribution in [3.8, 4) is 5.75 Å². The minimum Gasteiger partial charge on any atom is -0.508 e. The summed E-state index contributed by atoms with van der Waals surface area (Å²) in [4.78, 5) is 50.9. The molecular weight excluding hydrogens is 390 g/mol. The molecule has 156 valence electrons. The molecule has 9 nitrogen and oxygen atoms in total. The van der Waals surface area contributed by atoms with Crippen molar-refractivity contribution < 1.29 is 19.8 Å². The summed E-state index contributed by atoms with van der Waals surface area (Å²) in [7, 11) is 0. The molecule has 3 aromatic rings. The number of benzene rings is 2. The van der Waals surface area contributed by atoms with Crippen LogP contribution in [0.4, 0.5) is 0 Å². The largest absolute Gasteiger partial charge is 0.508 e. The van der Waals surface area contributed by atoms with Crippen LogP contribution in [-0.4, -0.2) is 37.7 Å². The van der Waals surface area contributed by atoms with Gasteiger partial charge >= 0.3 is 11.7 Å². The van der Waals surface area contributed by atoms with Gasteiger partial charge in [0.05, 0.1) is 10.9 Å². The van der Waals surface area contributed by atoms with Crippen LogP contribution in [-0.2, 0) is 22.6 Å². The van der Waals surface area contributed by atoms with Gasteiger partial charge in [-0.3, -0.25) is 14.2 Å². The third-order valence-electron chi connectivity index (χ3n) is 4.68. The fraction of sp³-hybridized carbons (Fsp3) is 0.238. The molecule has 0 aliphatic rings. The molecular formula is C21H21N3O6. The van der Waals surface area contributed by atoms with E-state index in [1.165, 1.54) is 12.1 Å². The lowest BCUT2D eigenvalue weighted by Crippen LogP contribution is -2.42. The number of carbonyl (C=O) groups excluding carboxylic acids is 1. The van der Waals surface area contributed by atoms with E-state index in [9.17, 15) is 29.4 Å². The standard InChI is InChI=1S/C21H21N3O6/c25-14-9-7-13(8-10-14)12-17(20(28)29)22-18(26)6-3-11-24-19(27)15-4-1-2-5-16(15)23-21(24)30/h1-2,4-5,7-10,17,25H,3,6,11-12H2,(H,22,26)(H,23,30)(H,28,29)/t17-/m0/s1. The minimum absolute atomic E-state index is 0.0299. The van der Waals surface area contributed by atoms with E-state index in [0.29, 0.717) is 16.5 Å². The molecule has 0 fully saturated rings. The number of H-pyrrole nitrogens is 1. The molecule has 2 aromatic carbocycles. The Balaban J connectivity index is 1.60. The molecule has 0 aliphatic heterocycles. The summed E-state index contributed by atoms with van der Waals surface area (Å²) in [5.41, 5.74) is 0.0927. The molecule has 1 atom stereocenters. The van der Waals surface area contributed by atoms with Crippen molar-refractivity contribution in [1.29, 1.82) is 0 Å². The number of aromatic nitrogens is 2. The average Bonchev–Trinajstić information content (AvgIpc) is 2.71. The Morgan fingerprint density at radius 1 is 1.07 bits per heavy atom. The lowest BCUT2D eigenvalue weighted by molar-refractivity contribution is -0.141. The Hall–Kier alpha value is -3.88. The van der Waals surface area contributed by atoms with E-state index in [-0.39, 0.29) is 31.6 Å². The Bertz CT molecular complexity index is 1180. The zero-order valence-electron chi connectivity index (χ0n) is 16.0. The Kier molecular flexibility index (Phi) is 6.31. The number of phenolic OH excluding ortho intramolecular Hbond substituents is 1. The summed E-state index contributed by atoms with van der Waals surface area (Å²) in [6.45, 7) is 0.0299. The summed E-state index contributed by atoms with van der Waals surface area (Å²) in [6.07, 6.45) is 0.210. The molecule has 0 unspecified atom stereocenters. The number of phenols is 1. The topological polar surface area (TPSA) is 141 Å². The highest BCUT2D eigenvalue weighted by Gasteiger charge is 2.20. The number of nitrogens with zero attached hydrogens (tertiary/aromatic N) is 1. The van der Waals surface area contributed by atoms with Gasteiger partial charge in [-0.05, 0) is 36.2 Å². The Morgan fingerprint density at radius 2 is 1.77 bits per heavy atom. The quantitative estimate of drug-likeness (QED) is 0.435. The van der Waals surface area contributed by atoms with Crippen LogP contribution in [0.2, 0.25) is 0 Å². The second-order valence-electron chi connectivity index (χ2n) is 6.86. The lowest BCUT2D eigenvalue weighted by atomic mass is 10.1. The number of aromatic hydroxyl groups is 1. The van der Waals surface area contributed by atoms with Crippen molar-refractivity contribution in [3.63, 3.8) is 0 Å². The Morgan fingerprint density at radius 3 is 2.47 bits per heavy atom. The van der Waals surface area contributed by atoms with Gasteiger partial charge < -0.3 is 20.5 Å². The predicted octanol–water partition coefficient (Wildman–Crippen LogP) is 0.988. The van der Waals surface area contributed by atoms with Crippen LogP contribution in [0.25, 0.3) is 10.9 Å². The number of aromatic amines is 1. The summed E-state index contributed by atoms with van der Waals surface area (Å²) in [5.74, 6) is -1.61. The first-order valence-corrected chi connectivity index (χ1v) is 9.37. The molecule has 0 saturated carbocycles. The molecule has 0 spiro atoms. The smallest absolute Gasteiger partial charge is 0.328 e. The van der Waals surface area contributed by atoms with Crippen LogP contribution in [0.5, 0.6) is 5.75 Å². The van der Waals surface area contributed by atoms with E-state index >= 15 is 0 Å². The molecule has 1 aromatic heterocycles. The average molecular weight is 411 g/mol. The molecule has 30 heavy (non-hydrogen) atoms. The summed E-state index contributed by atoms with van der Waals surface area (Å²) < 4.78 is 1.03. The highest BCUT2D eigenvalue weighted by Crippen LogP contribution is 2.11. The molecule has 1 heterocycles. The van der Waals surface area contributed by atoms with Crippen LogP contribution in [0.1, 0.15) is 18.4 Å². The molecule has 1 amide bonds. The maximum absolute atomic E-state index is 12.5. The van der Waals surface area contributed by atoms with Gasteiger partial charge in [0.2, 0.25) is 5.91 Å². The third kappa shape index (κ3) is 4.93. The van der Waals surface area contributed by atoms with Crippen LogP contribution >= 0.6 is 0 Å². The summed E-state index contributed by atoms with van der Waals surface area (Å²) in [6, 6.07) is 11.6. The molecule has 9 heteroatoms. The van der Waals surface area contributed by atoms with E-state index in [4.69, 9.17) is 0 Å². The van der Waals surface area contributed by atoms with E-state index in [1.807, 2.05) is 0 Å². The fourth-order valence-electron chi connectivity index (χ4n) is 3.13. The molecule has 0 saturated heterocycles. The van der Waals surface area contributed by atoms with E-state index in [0.717, 1.165) is 4.57 Å². The van der Waals surface area contributed by atoms with Crippen molar-refractivity contribution >= 4 is 22.8 Å². The molecule has 3 rings (SSSR count). The highest BCUT2D eigenvalue weighted by atomic mass is 16.4. The maximum Gasteiger partial charge on any atom is 0.328 e. The lowest BCUT2D eigenvalue weighted by Gasteiger charge is -2.15. The van der Waals surface area contributed by atoms with E-state index in [2.05, 4.69) is 10.3 Å². The van der Waals surface area contributed by atoms with Gasteiger partial charge in [0.15, 0.2) is 0 Å². The molecule has 0 bridgehead atoms. The number of carboxylic acid groups (broad SMARTS) is 1. The molecule has 0 aliphatic carbocycles. The zero-order chi connectivity index (χ0) is 21.7. The molecule has 4 N–H and O–H groups in total. The number of nitrogens with one attached hydrogen (secondary N) is 2. The van der Waals surface area contributed by atoms with Gasteiger partial charge in [-0.25, -0.2) is 9.59 Å². The van der Waals surface area contributed by atoms with Crippen LogP contribution in [0.15, 0.2) is 58.1 Å². The number of fused-ring (bicyclic) bond motifs is 1. The number of carbonyl (C=O) groups is 2. The fourth-order valence-corrected chi connectivity index (χ4v) is 3.13. The number of para-hydroxylation sites is 1. The van der Waals surface area contributed by atoms with Gasteiger partial charge in [0.25, 0.3) is 5.56 Å². The van der Waals surface area contributed by atoms with Gasteiger partial charge in [0.1, 0.15) is 11.8 Å². The van der Waals surface area contributed by atoms with Crippen LogP contribution in [0, 0.1) is 0 Å². The van der Waals surface area contributed by atoms with Crippen molar-refractivity contribution in [2.24, 2.45) is 0 Å². The Labute approximate surface area is 170 Å². The number of aliphatic carboxylic acids is 1. The number of hydrogen-bond donors (Lipinski definition) is 4. The van der Waals surface area contributed by atoms with Gasteiger partial charge in [-0.2, -0.15) is 0 Å². The van der Waals surface area contributed by atoms with Crippen LogP contribution < -0.4 is 16.6 Å². The predicted molar refractivity (Wildman–Crippen MR) is 109 cm³/mol. The SMILES string of the molecule is O=C(CCCn1c(=O)[nH]c2ccccc2c1=O)N[C@@H](Cc1ccc(O)cc1)C(=O)O.